The molecule has 1 amide bonds. The number of halogens is 2. The molecule has 206 valence electrons. The molecule has 4 aromatic rings. The van der Waals surface area contributed by atoms with Gasteiger partial charge < -0.3 is 19.5 Å². The predicted molar refractivity (Wildman–Crippen MR) is 147 cm³/mol. The third kappa shape index (κ3) is 5.67. The number of benzene rings is 4. The number of esters is 1. The monoisotopic (exact) mass is 545 g/mol. The van der Waals surface area contributed by atoms with Gasteiger partial charge in [-0.05, 0) is 52.4 Å². The number of amides is 1. The topological polar surface area (TPSA) is 73.9 Å². The van der Waals surface area contributed by atoms with E-state index in [0.29, 0.717) is 6.61 Å². The highest BCUT2D eigenvalue weighted by molar-refractivity contribution is 6.01. The van der Waals surface area contributed by atoms with Crippen LogP contribution >= 0.6 is 0 Å². The molecule has 0 aliphatic carbocycles. The van der Waals surface area contributed by atoms with Crippen LogP contribution in [0.2, 0.25) is 0 Å². The molecule has 1 aliphatic heterocycles. The predicted octanol–water partition coefficient (Wildman–Crippen LogP) is 5.64. The van der Waals surface area contributed by atoms with Crippen molar-refractivity contribution in [2.75, 3.05) is 26.9 Å². The van der Waals surface area contributed by atoms with Crippen molar-refractivity contribution in [1.29, 1.82) is 0 Å². The number of carbonyl (C=O) groups is 2. The molecule has 0 bridgehead atoms. The van der Waals surface area contributed by atoms with Crippen molar-refractivity contribution in [3.05, 3.63) is 101 Å². The molecule has 5 rings (SSSR count). The molecular weight excluding hydrogens is 516 g/mol. The fraction of sp³-hybridized carbons (Fsp3) is 0.250. The Morgan fingerprint density at radius 2 is 1.65 bits per heavy atom. The van der Waals surface area contributed by atoms with Gasteiger partial charge in [0.05, 0.1) is 13.2 Å². The van der Waals surface area contributed by atoms with Gasteiger partial charge in [0.1, 0.15) is 35.6 Å². The summed E-state index contributed by atoms with van der Waals surface area (Å²) in [5.74, 6) is -2.94. The summed E-state index contributed by atoms with van der Waals surface area (Å²) in [5, 5.41) is 4.30. The number of hydrogen-bond acceptors (Lipinski definition) is 5. The Kier molecular flexibility index (Phi) is 8.36. The molecule has 0 fully saturated rings. The van der Waals surface area contributed by atoms with Crippen molar-refractivity contribution < 1.29 is 32.6 Å². The van der Waals surface area contributed by atoms with Gasteiger partial charge >= 0.3 is 5.97 Å². The lowest BCUT2D eigenvalue weighted by Gasteiger charge is -2.22. The normalized spacial score (nSPS) is 13.3. The molecule has 1 N–H and O–H groups in total. The molecule has 4 aromatic carbocycles. The van der Waals surface area contributed by atoms with Gasteiger partial charge in [0, 0.05) is 19.1 Å². The number of para-hydroxylation sites is 1. The van der Waals surface area contributed by atoms with Crippen molar-refractivity contribution in [1.82, 2.24) is 5.32 Å². The first-order valence-corrected chi connectivity index (χ1v) is 13.1. The quantitative estimate of drug-likeness (QED) is 0.218. The van der Waals surface area contributed by atoms with Gasteiger partial charge in [-0.25, -0.2) is 13.6 Å². The van der Waals surface area contributed by atoms with Crippen LogP contribution < -0.4 is 10.1 Å². The first-order chi connectivity index (χ1) is 19.5. The molecule has 0 unspecified atom stereocenters. The summed E-state index contributed by atoms with van der Waals surface area (Å²) >= 11 is 0. The highest BCUT2D eigenvalue weighted by atomic mass is 19.1. The Balaban J connectivity index is 1.51. The second-order valence-corrected chi connectivity index (χ2v) is 9.55. The summed E-state index contributed by atoms with van der Waals surface area (Å²) in [6, 6.07) is 19.7. The van der Waals surface area contributed by atoms with Crippen LogP contribution in [0.25, 0.3) is 21.9 Å². The summed E-state index contributed by atoms with van der Waals surface area (Å²) in [7, 11) is 1.47. The fourth-order valence-corrected chi connectivity index (χ4v) is 5.06. The van der Waals surface area contributed by atoms with Crippen LogP contribution in [0.5, 0.6) is 5.75 Å². The number of fused-ring (bicyclic) bond motifs is 2. The average molecular weight is 546 g/mol. The van der Waals surface area contributed by atoms with E-state index >= 15 is 0 Å². The Morgan fingerprint density at radius 3 is 2.42 bits per heavy atom. The molecule has 1 aliphatic rings. The van der Waals surface area contributed by atoms with Crippen LogP contribution in [0.3, 0.4) is 0 Å². The Labute approximate surface area is 230 Å². The number of methoxy groups -OCH3 is 1. The molecule has 0 aromatic heterocycles. The minimum absolute atomic E-state index is 0.0332. The van der Waals surface area contributed by atoms with E-state index in [1.54, 1.807) is 0 Å². The van der Waals surface area contributed by atoms with E-state index in [2.05, 4.69) is 11.4 Å². The summed E-state index contributed by atoms with van der Waals surface area (Å²) in [6.07, 6.45) is 1.96. The maximum atomic E-state index is 14.3. The van der Waals surface area contributed by atoms with Crippen LogP contribution in [0.1, 0.15) is 27.9 Å². The Hall–Kier alpha value is -4.30. The van der Waals surface area contributed by atoms with E-state index in [4.69, 9.17) is 14.2 Å². The average Bonchev–Trinajstić information content (AvgIpc) is 2.96. The number of aryl methyl sites for hydroxylation is 1. The summed E-state index contributed by atoms with van der Waals surface area (Å²) in [4.78, 5) is 26.0. The van der Waals surface area contributed by atoms with E-state index in [-0.39, 0.29) is 19.6 Å². The van der Waals surface area contributed by atoms with Crippen molar-refractivity contribution >= 4 is 22.6 Å². The second kappa shape index (κ2) is 12.3. The van der Waals surface area contributed by atoms with Gasteiger partial charge in [-0.1, -0.05) is 60.7 Å². The Bertz CT molecular complexity index is 1530. The first kappa shape index (κ1) is 27.3. The van der Waals surface area contributed by atoms with Gasteiger partial charge in [-0.2, -0.15) is 0 Å². The fourth-order valence-electron chi connectivity index (χ4n) is 5.06. The first-order valence-electron chi connectivity index (χ1n) is 13.1. The summed E-state index contributed by atoms with van der Waals surface area (Å²) < 4.78 is 44.9. The van der Waals surface area contributed by atoms with Crippen molar-refractivity contribution in [2.24, 2.45) is 0 Å². The third-order valence-corrected chi connectivity index (χ3v) is 6.97. The maximum Gasteiger partial charge on any atom is 0.329 e. The largest absolute Gasteiger partial charge is 0.493 e. The smallest absolute Gasteiger partial charge is 0.329 e. The number of carbonyl (C=O) groups excluding carboxylic acids is 2. The lowest BCUT2D eigenvalue weighted by molar-refractivity contribution is -0.147. The summed E-state index contributed by atoms with van der Waals surface area (Å²) in [5.41, 5.74) is 3.13. The molecule has 8 heteroatoms. The Morgan fingerprint density at radius 1 is 0.900 bits per heavy atom. The molecule has 6 nitrogen and oxygen atoms in total. The number of rotatable bonds is 9. The van der Waals surface area contributed by atoms with Crippen LogP contribution in [-0.2, 0) is 27.1 Å². The van der Waals surface area contributed by atoms with Gasteiger partial charge in [0.2, 0.25) is 0 Å². The number of nitrogens with one attached hydrogen (secondary N) is 1. The van der Waals surface area contributed by atoms with E-state index in [9.17, 15) is 18.4 Å². The van der Waals surface area contributed by atoms with E-state index in [1.165, 1.54) is 18.7 Å². The molecular formula is C32H29F2NO5. The van der Waals surface area contributed by atoms with Gasteiger partial charge in [-0.3, -0.25) is 4.79 Å². The zero-order valence-electron chi connectivity index (χ0n) is 22.0. The van der Waals surface area contributed by atoms with Crippen molar-refractivity contribution in [2.45, 2.75) is 25.3 Å². The van der Waals surface area contributed by atoms with Crippen molar-refractivity contribution in [3.63, 3.8) is 0 Å². The maximum absolute atomic E-state index is 14.3. The lowest BCUT2D eigenvalue weighted by atomic mass is 9.90. The van der Waals surface area contributed by atoms with Gasteiger partial charge in [0.15, 0.2) is 0 Å². The van der Waals surface area contributed by atoms with Crippen LogP contribution in [0.4, 0.5) is 8.78 Å². The molecule has 40 heavy (non-hydrogen) atoms. The molecule has 0 saturated carbocycles. The highest BCUT2D eigenvalue weighted by Crippen LogP contribution is 2.40. The standard InChI is InChI=1S/C32H29F2NO5/c1-38-17-18-40-32(37)28(35-31(36)29-26(33)12-5-13-27(29)34)19-21-14-15-24(23-10-3-2-9-22(21)23)25-11-4-7-20-8-6-16-39-30(20)25/h2-5,7,9-15,28H,6,8,16-19H2,1H3,(H,35,36)/t28-/m0/s1. The highest BCUT2D eigenvalue weighted by Gasteiger charge is 2.27. The SMILES string of the molecule is COCCOC(=O)[C@H](Cc1ccc(-c2cccc3c2OCCC3)c2ccccc12)NC(=O)c1c(F)cccc1F. The molecule has 1 atom stereocenters. The molecule has 0 radical (unpaired) electrons. The van der Waals surface area contributed by atoms with Gasteiger partial charge in [-0.15, -0.1) is 0 Å². The van der Waals surface area contributed by atoms with E-state index < -0.39 is 35.1 Å². The number of hydrogen-bond donors (Lipinski definition) is 1. The lowest BCUT2D eigenvalue weighted by Crippen LogP contribution is -2.44. The van der Waals surface area contributed by atoms with Crippen LogP contribution in [0, 0.1) is 11.6 Å². The van der Waals surface area contributed by atoms with E-state index in [1.807, 2.05) is 48.5 Å². The zero-order chi connectivity index (χ0) is 28.1. The third-order valence-electron chi connectivity index (χ3n) is 6.97. The minimum atomic E-state index is -1.20. The summed E-state index contributed by atoms with van der Waals surface area (Å²) in [6.45, 7) is 0.791. The second-order valence-electron chi connectivity index (χ2n) is 9.55. The molecule has 1 heterocycles. The molecule has 0 spiro atoms. The molecule has 0 saturated heterocycles. The zero-order valence-corrected chi connectivity index (χ0v) is 22.0. The van der Waals surface area contributed by atoms with Crippen LogP contribution in [0.15, 0.2) is 72.8 Å². The van der Waals surface area contributed by atoms with Crippen LogP contribution in [-0.4, -0.2) is 44.8 Å². The minimum Gasteiger partial charge on any atom is -0.493 e. The van der Waals surface area contributed by atoms with E-state index in [0.717, 1.165) is 58.2 Å². The number of ether oxygens (including phenoxy) is 3. The van der Waals surface area contributed by atoms with Gasteiger partial charge in [0.25, 0.3) is 5.91 Å². The van der Waals surface area contributed by atoms with Crippen molar-refractivity contribution in [3.8, 4) is 16.9 Å².